The van der Waals surface area contributed by atoms with Crippen LogP contribution in [-0.2, 0) is 4.79 Å². The van der Waals surface area contributed by atoms with Crippen LogP contribution in [0.5, 0.6) is 0 Å². The number of amides is 1. The van der Waals surface area contributed by atoms with Crippen molar-refractivity contribution in [3.05, 3.63) is 0 Å². The lowest BCUT2D eigenvalue weighted by Gasteiger charge is -2.11. The van der Waals surface area contributed by atoms with Crippen LogP contribution in [0, 0.1) is 11.8 Å². The van der Waals surface area contributed by atoms with Gasteiger partial charge in [-0.15, -0.1) is 0 Å². The van der Waals surface area contributed by atoms with Gasteiger partial charge in [0.25, 0.3) is 5.91 Å². The molecule has 0 aromatic rings. The highest BCUT2D eigenvalue weighted by molar-refractivity contribution is 5.92. The molecular weight excluding hydrogens is 140 g/mol. The molecular formula is C8H12N2O. The van der Waals surface area contributed by atoms with Crippen molar-refractivity contribution in [1.29, 1.82) is 0 Å². The van der Waals surface area contributed by atoms with E-state index in [1.807, 2.05) is 7.05 Å². The molecule has 1 unspecified atom stereocenters. The molecule has 1 aliphatic rings. The maximum Gasteiger partial charge on any atom is 0.293 e. The van der Waals surface area contributed by atoms with Gasteiger partial charge in [0.2, 0.25) is 0 Å². The van der Waals surface area contributed by atoms with Crippen molar-refractivity contribution in [3.8, 4) is 11.8 Å². The Balaban J connectivity index is 2.50. The smallest absolute Gasteiger partial charge is 0.293 e. The fourth-order valence-electron chi connectivity index (χ4n) is 1.25. The Labute approximate surface area is 66.5 Å². The zero-order chi connectivity index (χ0) is 8.27. The first-order valence-electron chi connectivity index (χ1n) is 3.71. The van der Waals surface area contributed by atoms with Gasteiger partial charge in [-0.3, -0.25) is 9.69 Å². The third-order valence-electron chi connectivity index (χ3n) is 1.88. The maximum atomic E-state index is 10.3. The van der Waals surface area contributed by atoms with Crippen LogP contribution in [0.4, 0.5) is 0 Å². The minimum absolute atomic E-state index is 0.238. The number of nitrogens with zero attached hydrogens (tertiary/aromatic N) is 1. The number of nitrogens with two attached hydrogens (primary N) is 1. The van der Waals surface area contributed by atoms with E-state index in [4.69, 9.17) is 5.73 Å². The van der Waals surface area contributed by atoms with Crippen molar-refractivity contribution in [3.63, 3.8) is 0 Å². The second-order valence-electron chi connectivity index (χ2n) is 2.77. The number of carbonyl (C=O) groups excluding carboxylic acids is 1. The predicted octanol–water partition coefficient (Wildman–Crippen LogP) is -0.431. The summed E-state index contributed by atoms with van der Waals surface area (Å²) in [5, 5.41) is 0. The van der Waals surface area contributed by atoms with E-state index >= 15 is 0 Å². The van der Waals surface area contributed by atoms with Crippen molar-refractivity contribution >= 4 is 5.91 Å². The number of carbonyl (C=O) groups is 1. The zero-order valence-electron chi connectivity index (χ0n) is 6.63. The summed E-state index contributed by atoms with van der Waals surface area (Å²) in [6.07, 6.45) is 2.21. The average Bonchev–Trinajstić information content (AvgIpc) is 2.31. The van der Waals surface area contributed by atoms with Crippen LogP contribution >= 0.6 is 0 Å². The molecule has 1 atom stereocenters. The summed E-state index contributed by atoms with van der Waals surface area (Å²) < 4.78 is 0. The molecule has 0 bridgehead atoms. The van der Waals surface area contributed by atoms with E-state index in [1.165, 1.54) is 0 Å². The largest absolute Gasteiger partial charge is 0.359 e. The molecule has 1 saturated heterocycles. The van der Waals surface area contributed by atoms with Gasteiger partial charge >= 0.3 is 0 Å². The Morgan fingerprint density at radius 2 is 2.45 bits per heavy atom. The SMILES string of the molecule is CN1CCCC1C#CC(N)=O. The minimum Gasteiger partial charge on any atom is -0.359 e. The lowest BCUT2D eigenvalue weighted by atomic mass is 10.2. The lowest BCUT2D eigenvalue weighted by Crippen LogP contribution is -2.23. The van der Waals surface area contributed by atoms with Gasteiger partial charge < -0.3 is 5.73 Å². The Morgan fingerprint density at radius 3 is 2.91 bits per heavy atom. The normalized spacial score (nSPS) is 24.3. The number of hydrogen-bond acceptors (Lipinski definition) is 2. The summed E-state index contributed by atoms with van der Waals surface area (Å²) in [6, 6.07) is 0.238. The maximum absolute atomic E-state index is 10.3. The van der Waals surface area contributed by atoms with Crippen LogP contribution in [-0.4, -0.2) is 30.4 Å². The van der Waals surface area contributed by atoms with E-state index in [0.717, 1.165) is 19.4 Å². The second kappa shape index (κ2) is 3.40. The van der Waals surface area contributed by atoms with Gasteiger partial charge in [-0.2, -0.15) is 0 Å². The van der Waals surface area contributed by atoms with E-state index in [2.05, 4.69) is 16.7 Å². The van der Waals surface area contributed by atoms with Gasteiger partial charge in [-0.25, -0.2) is 0 Å². The van der Waals surface area contributed by atoms with Crippen LogP contribution in [0.25, 0.3) is 0 Å². The van der Waals surface area contributed by atoms with Gasteiger partial charge in [0.1, 0.15) is 0 Å². The summed E-state index contributed by atoms with van der Waals surface area (Å²) in [5.41, 5.74) is 4.88. The summed E-state index contributed by atoms with van der Waals surface area (Å²) in [6.45, 7) is 1.07. The van der Waals surface area contributed by atoms with E-state index in [9.17, 15) is 4.79 Å². The molecule has 0 aliphatic carbocycles. The Morgan fingerprint density at radius 1 is 1.73 bits per heavy atom. The van der Waals surface area contributed by atoms with Crippen LogP contribution in [0.15, 0.2) is 0 Å². The van der Waals surface area contributed by atoms with E-state index in [-0.39, 0.29) is 6.04 Å². The number of hydrogen-bond donors (Lipinski definition) is 1. The molecule has 2 N–H and O–H groups in total. The highest BCUT2D eigenvalue weighted by Crippen LogP contribution is 2.12. The molecule has 0 spiro atoms. The van der Waals surface area contributed by atoms with Crippen molar-refractivity contribution in [2.45, 2.75) is 18.9 Å². The first kappa shape index (κ1) is 8.09. The summed E-state index contributed by atoms with van der Waals surface area (Å²) >= 11 is 0. The molecule has 0 radical (unpaired) electrons. The molecule has 1 aliphatic heterocycles. The molecule has 0 aromatic carbocycles. The predicted molar refractivity (Wildman–Crippen MR) is 42.6 cm³/mol. The molecule has 3 heteroatoms. The highest BCUT2D eigenvalue weighted by Gasteiger charge is 2.17. The Kier molecular flexibility index (Phi) is 2.50. The van der Waals surface area contributed by atoms with E-state index in [1.54, 1.807) is 0 Å². The second-order valence-corrected chi connectivity index (χ2v) is 2.77. The molecule has 1 fully saturated rings. The van der Waals surface area contributed by atoms with E-state index < -0.39 is 5.91 Å². The fraction of sp³-hybridized carbons (Fsp3) is 0.625. The first-order chi connectivity index (χ1) is 5.20. The molecule has 11 heavy (non-hydrogen) atoms. The van der Waals surface area contributed by atoms with Crippen LogP contribution in [0.3, 0.4) is 0 Å². The van der Waals surface area contributed by atoms with Gasteiger partial charge in [0, 0.05) is 0 Å². The van der Waals surface area contributed by atoms with Crippen LogP contribution < -0.4 is 5.73 Å². The molecule has 60 valence electrons. The lowest BCUT2D eigenvalue weighted by molar-refractivity contribution is -0.112. The number of primary amides is 1. The zero-order valence-corrected chi connectivity index (χ0v) is 6.63. The molecule has 0 aromatic heterocycles. The van der Waals surface area contributed by atoms with Crippen molar-refractivity contribution in [2.24, 2.45) is 5.73 Å². The average molecular weight is 152 g/mol. The van der Waals surface area contributed by atoms with Crippen molar-refractivity contribution < 1.29 is 4.79 Å². The van der Waals surface area contributed by atoms with Gasteiger partial charge in [0.15, 0.2) is 0 Å². The van der Waals surface area contributed by atoms with Crippen LogP contribution in [0.1, 0.15) is 12.8 Å². The Hall–Kier alpha value is -1.01. The van der Waals surface area contributed by atoms with Crippen molar-refractivity contribution in [2.75, 3.05) is 13.6 Å². The molecule has 0 saturated carbocycles. The molecule has 1 heterocycles. The Bertz CT molecular complexity index is 214. The third kappa shape index (κ3) is 2.24. The number of likely N-dealkylation sites (tertiary alicyclic amines) is 1. The summed E-state index contributed by atoms with van der Waals surface area (Å²) in [5.74, 6) is 4.66. The van der Waals surface area contributed by atoms with E-state index in [0.29, 0.717) is 0 Å². The summed E-state index contributed by atoms with van der Waals surface area (Å²) in [4.78, 5) is 12.4. The van der Waals surface area contributed by atoms with Gasteiger partial charge in [-0.05, 0) is 32.4 Å². The van der Waals surface area contributed by atoms with Crippen LogP contribution in [0.2, 0.25) is 0 Å². The standard InChI is InChI=1S/C8H12N2O/c1-10-6-2-3-7(10)4-5-8(9)11/h7H,2-3,6H2,1H3,(H2,9,11). The van der Waals surface area contributed by atoms with Crippen molar-refractivity contribution in [1.82, 2.24) is 4.90 Å². The first-order valence-corrected chi connectivity index (χ1v) is 3.71. The third-order valence-corrected chi connectivity index (χ3v) is 1.88. The topological polar surface area (TPSA) is 46.3 Å². The van der Waals surface area contributed by atoms with Gasteiger partial charge in [0.05, 0.1) is 6.04 Å². The fourth-order valence-corrected chi connectivity index (χ4v) is 1.25. The van der Waals surface area contributed by atoms with Gasteiger partial charge in [-0.1, -0.05) is 5.92 Å². The molecule has 1 amide bonds. The minimum atomic E-state index is -0.537. The number of rotatable bonds is 0. The summed E-state index contributed by atoms with van der Waals surface area (Å²) in [7, 11) is 2.01. The molecule has 1 rings (SSSR count). The quantitative estimate of drug-likeness (QED) is 0.479. The monoisotopic (exact) mass is 152 g/mol. The highest BCUT2D eigenvalue weighted by atomic mass is 16.1. The molecule has 3 nitrogen and oxygen atoms in total.